The first-order valence-corrected chi connectivity index (χ1v) is 13.2. The van der Waals surface area contributed by atoms with E-state index in [0.29, 0.717) is 40.2 Å². The molecule has 5 rings (SSSR count). The van der Waals surface area contributed by atoms with Gasteiger partial charge in [0.2, 0.25) is 11.9 Å². The average molecular weight is 560 g/mol. The molecular weight excluding hydrogens is 530 g/mol. The van der Waals surface area contributed by atoms with E-state index >= 15 is 0 Å². The summed E-state index contributed by atoms with van der Waals surface area (Å²) in [5, 5.41) is 7.95. The standard InChI is InChI=1S/C29H30ClN7O3/c1-17(2)37-16-20(14-32-37)27-24(30)15-31-29(34-27)33-21-6-8-23(26(13-21)40-5)28(39)35(4)22-7-9-25-19(12-22)10-11-36(25)18(3)38/h6-9,12-17H,10-11H2,1-5H3,(H,31,33,34). The summed E-state index contributed by atoms with van der Waals surface area (Å²) in [4.78, 5) is 37.6. The van der Waals surface area contributed by atoms with Crippen LogP contribution >= 0.6 is 11.6 Å². The SMILES string of the molecule is COc1cc(Nc2ncc(Cl)c(-c3cnn(C(C)C)c3)n2)ccc1C(=O)N(C)c1ccc2c(c1)CCN2C(C)=O. The fourth-order valence-corrected chi connectivity index (χ4v) is 4.87. The number of hydrogen-bond donors (Lipinski definition) is 1. The summed E-state index contributed by atoms with van der Waals surface area (Å²) in [5.41, 5.74) is 5.06. The van der Waals surface area contributed by atoms with E-state index in [2.05, 4.69) is 20.4 Å². The van der Waals surface area contributed by atoms with Crippen LogP contribution in [0.4, 0.5) is 23.0 Å². The summed E-state index contributed by atoms with van der Waals surface area (Å²) in [5.74, 6) is 0.527. The van der Waals surface area contributed by atoms with Gasteiger partial charge in [0, 0.05) is 61.4 Å². The van der Waals surface area contributed by atoms with Gasteiger partial charge in [0.25, 0.3) is 5.91 Å². The van der Waals surface area contributed by atoms with Crippen LogP contribution in [0.3, 0.4) is 0 Å². The zero-order valence-electron chi connectivity index (χ0n) is 23.0. The smallest absolute Gasteiger partial charge is 0.261 e. The van der Waals surface area contributed by atoms with Crippen LogP contribution in [-0.2, 0) is 11.2 Å². The number of methoxy groups -OCH3 is 1. The molecule has 0 saturated heterocycles. The molecule has 206 valence electrons. The van der Waals surface area contributed by atoms with Gasteiger partial charge in [-0.3, -0.25) is 14.3 Å². The van der Waals surface area contributed by atoms with Crippen molar-refractivity contribution >= 4 is 46.4 Å². The summed E-state index contributed by atoms with van der Waals surface area (Å²) in [6, 6.07) is 11.1. The Labute approximate surface area is 237 Å². The Morgan fingerprint density at radius 1 is 1.15 bits per heavy atom. The lowest BCUT2D eigenvalue weighted by Gasteiger charge is -2.21. The molecule has 11 heteroatoms. The highest BCUT2D eigenvalue weighted by atomic mass is 35.5. The maximum atomic E-state index is 13.5. The number of carbonyl (C=O) groups is 2. The molecule has 0 radical (unpaired) electrons. The number of amides is 2. The van der Waals surface area contributed by atoms with Crippen molar-refractivity contribution in [2.45, 2.75) is 33.2 Å². The highest BCUT2D eigenvalue weighted by Gasteiger charge is 2.25. The van der Waals surface area contributed by atoms with Crippen LogP contribution in [0.15, 0.2) is 55.0 Å². The van der Waals surface area contributed by atoms with Crippen molar-refractivity contribution in [1.82, 2.24) is 19.7 Å². The number of benzene rings is 2. The van der Waals surface area contributed by atoms with E-state index in [1.165, 1.54) is 13.3 Å². The highest BCUT2D eigenvalue weighted by molar-refractivity contribution is 6.32. The highest BCUT2D eigenvalue weighted by Crippen LogP contribution is 2.33. The third-order valence-corrected chi connectivity index (χ3v) is 7.14. The first-order chi connectivity index (χ1) is 19.2. The molecule has 0 spiro atoms. The number of ether oxygens (including phenoxy) is 1. The van der Waals surface area contributed by atoms with E-state index in [9.17, 15) is 9.59 Å². The quantitative estimate of drug-likeness (QED) is 0.318. The van der Waals surface area contributed by atoms with Gasteiger partial charge < -0.3 is 19.9 Å². The average Bonchev–Trinajstić information content (AvgIpc) is 3.61. The molecule has 0 aliphatic carbocycles. The fourth-order valence-electron chi connectivity index (χ4n) is 4.67. The number of rotatable bonds is 7. The predicted octanol–water partition coefficient (Wildman–Crippen LogP) is 5.51. The number of halogens is 1. The van der Waals surface area contributed by atoms with E-state index in [-0.39, 0.29) is 17.9 Å². The zero-order valence-corrected chi connectivity index (χ0v) is 23.7. The maximum Gasteiger partial charge on any atom is 0.261 e. The molecule has 0 fully saturated rings. The number of aromatic nitrogens is 4. The first-order valence-electron chi connectivity index (χ1n) is 12.9. The lowest BCUT2D eigenvalue weighted by Crippen LogP contribution is -2.27. The lowest BCUT2D eigenvalue weighted by atomic mass is 10.1. The van der Waals surface area contributed by atoms with Crippen molar-refractivity contribution in [3.8, 4) is 17.0 Å². The molecule has 4 aromatic rings. The monoisotopic (exact) mass is 559 g/mol. The van der Waals surface area contributed by atoms with Crippen LogP contribution in [-0.4, -0.2) is 52.3 Å². The van der Waals surface area contributed by atoms with Crippen molar-refractivity contribution < 1.29 is 14.3 Å². The van der Waals surface area contributed by atoms with Crippen LogP contribution in [0, 0.1) is 0 Å². The van der Waals surface area contributed by atoms with Gasteiger partial charge in [-0.1, -0.05) is 11.6 Å². The number of anilines is 4. The van der Waals surface area contributed by atoms with Gasteiger partial charge in [0.05, 0.1) is 35.8 Å². The molecule has 1 aliphatic heterocycles. The maximum absolute atomic E-state index is 13.5. The number of hydrogen-bond acceptors (Lipinski definition) is 7. The minimum absolute atomic E-state index is 0.0110. The van der Waals surface area contributed by atoms with Crippen LogP contribution in [0.5, 0.6) is 5.75 Å². The number of carbonyl (C=O) groups excluding carboxylic acids is 2. The second-order valence-corrected chi connectivity index (χ2v) is 10.2. The Bertz CT molecular complexity index is 1600. The Kier molecular flexibility index (Phi) is 7.44. The zero-order chi connectivity index (χ0) is 28.6. The molecular formula is C29H30ClN7O3. The molecule has 0 bridgehead atoms. The molecule has 1 aliphatic rings. The van der Waals surface area contributed by atoms with Crippen LogP contribution < -0.4 is 19.9 Å². The van der Waals surface area contributed by atoms with Gasteiger partial charge in [0.15, 0.2) is 0 Å². The molecule has 10 nitrogen and oxygen atoms in total. The molecule has 1 N–H and O–H groups in total. The van der Waals surface area contributed by atoms with Gasteiger partial charge in [-0.05, 0) is 56.2 Å². The van der Waals surface area contributed by atoms with Gasteiger partial charge in [-0.2, -0.15) is 5.10 Å². The van der Waals surface area contributed by atoms with Crippen LogP contribution in [0.25, 0.3) is 11.3 Å². The van der Waals surface area contributed by atoms with Crippen LogP contribution in [0.1, 0.15) is 42.7 Å². The van der Waals surface area contributed by atoms with Crippen molar-refractivity contribution in [3.63, 3.8) is 0 Å². The van der Waals surface area contributed by atoms with E-state index in [1.54, 1.807) is 48.2 Å². The second kappa shape index (κ2) is 11.0. The Hall–Kier alpha value is -4.44. The summed E-state index contributed by atoms with van der Waals surface area (Å²) in [6.07, 6.45) is 5.90. The molecule has 0 saturated carbocycles. The van der Waals surface area contributed by atoms with Crippen LogP contribution in [0.2, 0.25) is 5.02 Å². The molecule has 2 aromatic carbocycles. The third kappa shape index (κ3) is 5.22. The number of nitrogens with zero attached hydrogens (tertiary/aromatic N) is 6. The molecule has 2 amide bonds. The second-order valence-electron chi connectivity index (χ2n) is 9.83. The Morgan fingerprint density at radius 2 is 1.95 bits per heavy atom. The Balaban J connectivity index is 1.36. The predicted molar refractivity (Wildman–Crippen MR) is 156 cm³/mol. The van der Waals surface area contributed by atoms with Crippen molar-refractivity contribution in [3.05, 3.63) is 71.1 Å². The largest absolute Gasteiger partial charge is 0.496 e. The molecule has 2 aromatic heterocycles. The van der Waals surface area contributed by atoms with Gasteiger partial charge in [-0.25, -0.2) is 9.97 Å². The lowest BCUT2D eigenvalue weighted by molar-refractivity contribution is -0.116. The number of fused-ring (bicyclic) bond motifs is 1. The van der Waals surface area contributed by atoms with E-state index in [1.807, 2.05) is 42.9 Å². The van der Waals surface area contributed by atoms with E-state index in [0.717, 1.165) is 28.9 Å². The topological polar surface area (TPSA) is 105 Å². The summed E-state index contributed by atoms with van der Waals surface area (Å²) in [6.45, 7) is 6.29. The third-order valence-electron chi connectivity index (χ3n) is 6.87. The van der Waals surface area contributed by atoms with Gasteiger partial charge >= 0.3 is 0 Å². The van der Waals surface area contributed by atoms with Crippen molar-refractivity contribution in [1.29, 1.82) is 0 Å². The minimum Gasteiger partial charge on any atom is -0.496 e. The van der Waals surface area contributed by atoms with Gasteiger partial charge in [0.1, 0.15) is 5.75 Å². The normalized spacial score (nSPS) is 12.4. The minimum atomic E-state index is -0.225. The Morgan fingerprint density at radius 3 is 2.65 bits per heavy atom. The molecule has 3 heterocycles. The van der Waals surface area contributed by atoms with E-state index < -0.39 is 0 Å². The van der Waals surface area contributed by atoms with Crippen molar-refractivity contribution in [2.24, 2.45) is 0 Å². The number of nitrogens with one attached hydrogen (secondary N) is 1. The van der Waals surface area contributed by atoms with Gasteiger partial charge in [-0.15, -0.1) is 0 Å². The summed E-state index contributed by atoms with van der Waals surface area (Å²) >= 11 is 6.39. The molecule has 0 atom stereocenters. The molecule has 40 heavy (non-hydrogen) atoms. The fraction of sp³-hybridized carbons (Fsp3) is 0.276. The first kappa shape index (κ1) is 27.1. The molecule has 0 unspecified atom stereocenters. The summed E-state index contributed by atoms with van der Waals surface area (Å²) in [7, 11) is 3.24. The van der Waals surface area contributed by atoms with E-state index in [4.69, 9.17) is 16.3 Å². The van der Waals surface area contributed by atoms with Crippen molar-refractivity contribution in [2.75, 3.05) is 35.8 Å². The summed E-state index contributed by atoms with van der Waals surface area (Å²) < 4.78 is 7.41.